The Labute approximate surface area is 107 Å². The molecule has 1 unspecified atom stereocenters. The number of nitrogens with one attached hydrogen (secondary N) is 1. The Morgan fingerprint density at radius 2 is 1.89 bits per heavy atom. The van der Waals surface area contributed by atoms with Crippen LogP contribution in [0, 0.1) is 0 Å². The molecule has 0 bridgehead atoms. The molecule has 1 aromatic carbocycles. The van der Waals surface area contributed by atoms with E-state index in [1.54, 1.807) is 26.1 Å². The van der Waals surface area contributed by atoms with Crippen molar-refractivity contribution < 1.29 is 19.4 Å². The van der Waals surface area contributed by atoms with Gasteiger partial charge in [0.15, 0.2) is 11.5 Å². The fraction of sp³-hybridized carbons (Fsp3) is 0.462. The summed E-state index contributed by atoms with van der Waals surface area (Å²) in [6.45, 7) is 4.00. The zero-order valence-corrected chi connectivity index (χ0v) is 10.9. The van der Waals surface area contributed by atoms with Gasteiger partial charge in [0.25, 0.3) is 0 Å². The second kappa shape index (κ2) is 6.26. The maximum absolute atomic E-state index is 11.1. The van der Waals surface area contributed by atoms with Gasteiger partial charge in [-0.05, 0) is 33.0 Å². The molecule has 0 aliphatic heterocycles. The average molecular weight is 253 g/mol. The molecule has 1 rings (SSSR count). The molecule has 0 aliphatic carbocycles. The first-order chi connectivity index (χ1) is 8.53. The predicted molar refractivity (Wildman–Crippen MR) is 68.2 cm³/mol. The third kappa shape index (κ3) is 3.37. The minimum absolute atomic E-state index is 0.0168. The molecule has 18 heavy (non-hydrogen) atoms. The minimum Gasteiger partial charge on any atom is -0.490 e. The van der Waals surface area contributed by atoms with Crippen molar-refractivity contribution in [1.29, 1.82) is 0 Å². The maximum Gasteiger partial charge on any atom is 0.327 e. The van der Waals surface area contributed by atoms with Crippen molar-refractivity contribution in [3.05, 3.63) is 24.3 Å². The summed E-state index contributed by atoms with van der Waals surface area (Å²) in [5, 5.41) is 11.8. The highest BCUT2D eigenvalue weighted by atomic mass is 16.5. The molecular formula is C13H19NO4. The molecular weight excluding hydrogens is 234 g/mol. The SMILES string of the molecule is CCOc1ccccc1OCC(C)(NC)C(=O)O. The first-order valence-electron chi connectivity index (χ1n) is 5.80. The van der Waals surface area contributed by atoms with Crippen molar-refractivity contribution >= 4 is 5.97 Å². The van der Waals surface area contributed by atoms with Crippen molar-refractivity contribution in [1.82, 2.24) is 5.32 Å². The molecule has 0 radical (unpaired) electrons. The van der Waals surface area contributed by atoms with Gasteiger partial charge in [-0.2, -0.15) is 0 Å². The van der Waals surface area contributed by atoms with E-state index >= 15 is 0 Å². The molecule has 2 N–H and O–H groups in total. The molecule has 1 aromatic rings. The zero-order valence-electron chi connectivity index (χ0n) is 10.9. The second-order valence-corrected chi connectivity index (χ2v) is 4.06. The highest BCUT2D eigenvalue weighted by molar-refractivity contribution is 5.78. The number of rotatable bonds is 7. The summed E-state index contributed by atoms with van der Waals surface area (Å²) in [5.41, 5.74) is -1.13. The van der Waals surface area contributed by atoms with E-state index in [2.05, 4.69) is 5.32 Å². The summed E-state index contributed by atoms with van der Waals surface area (Å²) < 4.78 is 10.9. The lowest BCUT2D eigenvalue weighted by Gasteiger charge is -2.24. The number of carboxylic acids is 1. The highest BCUT2D eigenvalue weighted by Crippen LogP contribution is 2.27. The van der Waals surface area contributed by atoms with Gasteiger partial charge in [0, 0.05) is 0 Å². The van der Waals surface area contributed by atoms with Crippen molar-refractivity contribution in [3.63, 3.8) is 0 Å². The molecule has 1 atom stereocenters. The molecule has 0 heterocycles. The minimum atomic E-state index is -1.13. The lowest BCUT2D eigenvalue weighted by Crippen LogP contribution is -2.52. The van der Waals surface area contributed by atoms with E-state index in [4.69, 9.17) is 14.6 Å². The van der Waals surface area contributed by atoms with Gasteiger partial charge in [-0.1, -0.05) is 12.1 Å². The normalized spacial score (nSPS) is 13.7. The number of carbonyl (C=O) groups is 1. The van der Waals surface area contributed by atoms with E-state index < -0.39 is 11.5 Å². The van der Waals surface area contributed by atoms with E-state index in [0.29, 0.717) is 18.1 Å². The molecule has 100 valence electrons. The number of ether oxygens (including phenoxy) is 2. The van der Waals surface area contributed by atoms with E-state index in [1.807, 2.05) is 19.1 Å². The number of likely N-dealkylation sites (N-methyl/N-ethyl adjacent to an activating group) is 1. The number of hydrogen-bond donors (Lipinski definition) is 2. The summed E-state index contributed by atoms with van der Waals surface area (Å²) in [5.74, 6) is 0.199. The van der Waals surface area contributed by atoms with E-state index in [-0.39, 0.29) is 6.61 Å². The Morgan fingerprint density at radius 1 is 1.33 bits per heavy atom. The number of carboxylic acid groups (broad SMARTS) is 1. The smallest absolute Gasteiger partial charge is 0.327 e. The Morgan fingerprint density at radius 3 is 2.33 bits per heavy atom. The third-order valence-electron chi connectivity index (χ3n) is 2.69. The van der Waals surface area contributed by atoms with Crippen LogP contribution in [0.25, 0.3) is 0 Å². The molecule has 0 aromatic heterocycles. The van der Waals surface area contributed by atoms with Crippen LogP contribution in [0.3, 0.4) is 0 Å². The van der Waals surface area contributed by atoms with Crippen LogP contribution in [0.15, 0.2) is 24.3 Å². The summed E-state index contributed by atoms with van der Waals surface area (Å²) in [6, 6.07) is 7.20. The monoisotopic (exact) mass is 253 g/mol. The van der Waals surface area contributed by atoms with E-state index in [9.17, 15) is 4.79 Å². The summed E-state index contributed by atoms with van der Waals surface area (Å²) in [6.07, 6.45) is 0. The number of aliphatic carboxylic acids is 1. The summed E-state index contributed by atoms with van der Waals surface area (Å²) in [7, 11) is 1.59. The van der Waals surface area contributed by atoms with Crippen LogP contribution in [0.4, 0.5) is 0 Å². The lowest BCUT2D eigenvalue weighted by molar-refractivity contribution is -0.145. The van der Waals surface area contributed by atoms with E-state index in [0.717, 1.165) is 0 Å². The third-order valence-corrected chi connectivity index (χ3v) is 2.69. The molecule has 0 spiro atoms. The largest absolute Gasteiger partial charge is 0.490 e. The van der Waals surface area contributed by atoms with Crippen LogP contribution in [0.5, 0.6) is 11.5 Å². The molecule has 0 amide bonds. The number of benzene rings is 1. The van der Waals surface area contributed by atoms with Gasteiger partial charge in [-0.25, -0.2) is 0 Å². The predicted octanol–water partition coefficient (Wildman–Crippen LogP) is 1.53. The summed E-state index contributed by atoms with van der Waals surface area (Å²) in [4.78, 5) is 11.1. The lowest BCUT2D eigenvalue weighted by atomic mass is 10.1. The Kier molecular flexibility index (Phi) is 4.97. The van der Waals surface area contributed by atoms with Crippen LogP contribution in [0.1, 0.15) is 13.8 Å². The number of para-hydroxylation sites is 2. The zero-order chi connectivity index (χ0) is 13.6. The van der Waals surface area contributed by atoms with Crippen LogP contribution in [0.2, 0.25) is 0 Å². The van der Waals surface area contributed by atoms with Crippen molar-refractivity contribution in [2.75, 3.05) is 20.3 Å². The molecule has 5 heteroatoms. The topological polar surface area (TPSA) is 67.8 Å². The molecule has 0 saturated heterocycles. The Hall–Kier alpha value is -1.75. The Balaban J connectivity index is 2.76. The fourth-order valence-corrected chi connectivity index (χ4v) is 1.31. The summed E-state index contributed by atoms with van der Waals surface area (Å²) >= 11 is 0. The van der Waals surface area contributed by atoms with Gasteiger partial charge in [-0.15, -0.1) is 0 Å². The van der Waals surface area contributed by atoms with Crippen LogP contribution >= 0.6 is 0 Å². The van der Waals surface area contributed by atoms with Gasteiger partial charge < -0.3 is 19.9 Å². The average Bonchev–Trinajstić information content (AvgIpc) is 2.37. The van der Waals surface area contributed by atoms with E-state index in [1.165, 1.54) is 0 Å². The first-order valence-corrected chi connectivity index (χ1v) is 5.80. The van der Waals surface area contributed by atoms with Crippen LogP contribution in [-0.4, -0.2) is 36.9 Å². The maximum atomic E-state index is 11.1. The van der Waals surface area contributed by atoms with Gasteiger partial charge in [-0.3, -0.25) is 4.79 Å². The van der Waals surface area contributed by atoms with Crippen molar-refractivity contribution in [2.24, 2.45) is 0 Å². The quantitative estimate of drug-likeness (QED) is 0.771. The van der Waals surface area contributed by atoms with Crippen molar-refractivity contribution in [2.45, 2.75) is 19.4 Å². The van der Waals surface area contributed by atoms with Crippen LogP contribution in [-0.2, 0) is 4.79 Å². The van der Waals surface area contributed by atoms with Gasteiger partial charge >= 0.3 is 5.97 Å². The van der Waals surface area contributed by atoms with Gasteiger partial charge in [0.2, 0.25) is 0 Å². The second-order valence-electron chi connectivity index (χ2n) is 4.06. The Bertz CT molecular complexity index is 408. The first kappa shape index (κ1) is 14.3. The standard InChI is InChI=1S/C13H19NO4/c1-4-17-10-7-5-6-8-11(10)18-9-13(2,14-3)12(15)16/h5-8,14H,4,9H2,1-3H3,(H,15,16). The molecule has 5 nitrogen and oxygen atoms in total. The molecule has 0 saturated carbocycles. The fourth-order valence-electron chi connectivity index (χ4n) is 1.31. The molecule has 0 fully saturated rings. The molecule has 0 aliphatic rings. The highest BCUT2D eigenvalue weighted by Gasteiger charge is 2.32. The van der Waals surface area contributed by atoms with Gasteiger partial charge in [0.05, 0.1) is 6.61 Å². The van der Waals surface area contributed by atoms with Crippen molar-refractivity contribution in [3.8, 4) is 11.5 Å². The number of hydrogen-bond acceptors (Lipinski definition) is 4. The van der Waals surface area contributed by atoms with Gasteiger partial charge in [0.1, 0.15) is 12.1 Å². The van der Waals surface area contributed by atoms with Crippen LogP contribution < -0.4 is 14.8 Å².